The third kappa shape index (κ3) is 37.4. The van der Waals surface area contributed by atoms with E-state index < -0.39 is 5.97 Å². The van der Waals surface area contributed by atoms with Crippen molar-refractivity contribution in [2.75, 3.05) is 0 Å². The van der Waals surface area contributed by atoms with E-state index in [4.69, 9.17) is 5.11 Å². The van der Waals surface area contributed by atoms with Gasteiger partial charge in [-0.2, -0.15) is 0 Å². The van der Waals surface area contributed by atoms with Gasteiger partial charge in [-0.3, -0.25) is 0 Å². The fourth-order valence-corrected chi connectivity index (χ4v) is 3.41. The first-order chi connectivity index (χ1) is 20.8. The summed E-state index contributed by atoms with van der Waals surface area (Å²) in [7, 11) is 0. The predicted octanol–water partition coefficient (Wildman–Crippen LogP) is 14.3. The van der Waals surface area contributed by atoms with Crippen LogP contribution in [0.4, 0.5) is 0 Å². The molecule has 0 amide bonds. The maximum absolute atomic E-state index is 10.5. The number of aromatic carboxylic acids is 1. The summed E-state index contributed by atoms with van der Waals surface area (Å²) < 4.78 is 0. The SMILES string of the molecule is C1CCCCC1.CC.CC.CC.CC.CC1CC=CCC1C.CC=CC.Cc1ccc(C(=O)O)cc1C.c1ccccc1. The van der Waals surface area contributed by atoms with Gasteiger partial charge in [0.05, 0.1) is 5.56 Å². The maximum Gasteiger partial charge on any atom is 0.335 e. The largest absolute Gasteiger partial charge is 0.478 e. The van der Waals surface area contributed by atoms with Gasteiger partial charge in [-0.05, 0) is 75.6 Å². The lowest BCUT2D eigenvalue weighted by Gasteiger charge is -2.19. The van der Waals surface area contributed by atoms with Gasteiger partial charge in [0.1, 0.15) is 0 Å². The highest BCUT2D eigenvalue weighted by atomic mass is 16.4. The summed E-state index contributed by atoms with van der Waals surface area (Å²) in [6.07, 6.45) is 20.2. The lowest BCUT2D eigenvalue weighted by atomic mass is 9.86. The maximum atomic E-state index is 10.5. The smallest absolute Gasteiger partial charge is 0.335 e. The van der Waals surface area contributed by atoms with E-state index in [1.807, 2.05) is 138 Å². The van der Waals surface area contributed by atoms with Crippen LogP contribution in [0.3, 0.4) is 0 Å². The molecule has 2 nitrogen and oxygen atoms in total. The first kappa shape index (κ1) is 50.0. The Hall–Kier alpha value is -2.61. The van der Waals surface area contributed by atoms with Gasteiger partial charge in [0.2, 0.25) is 0 Å². The average Bonchev–Trinajstić information content (AvgIpc) is 3.10. The van der Waals surface area contributed by atoms with E-state index in [1.165, 1.54) is 51.4 Å². The molecule has 0 bridgehead atoms. The second kappa shape index (κ2) is 43.8. The zero-order valence-electron chi connectivity index (χ0n) is 31.2. The van der Waals surface area contributed by atoms with Gasteiger partial charge in [0, 0.05) is 0 Å². The van der Waals surface area contributed by atoms with E-state index in [0.29, 0.717) is 5.56 Å². The first-order valence-electron chi connectivity index (χ1n) is 17.4. The van der Waals surface area contributed by atoms with Crippen molar-refractivity contribution in [3.8, 4) is 0 Å². The van der Waals surface area contributed by atoms with E-state index in [9.17, 15) is 4.79 Å². The van der Waals surface area contributed by atoms with E-state index in [0.717, 1.165) is 23.0 Å². The van der Waals surface area contributed by atoms with Gasteiger partial charge in [-0.15, -0.1) is 0 Å². The Morgan fingerprint density at radius 1 is 0.605 bits per heavy atom. The van der Waals surface area contributed by atoms with Crippen molar-refractivity contribution in [2.45, 2.75) is 148 Å². The molecule has 2 aromatic carbocycles. The minimum atomic E-state index is -0.867. The van der Waals surface area contributed by atoms with Crippen LogP contribution >= 0.6 is 0 Å². The Kier molecular flexibility index (Phi) is 51.0. The minimum Gasteiger partial charge on any atom is -0.478 e. The summed E-state index contributed by atoms with van der Waals surface area (Å²) in [6.45, 7) is 28.5. The fraction of sp³-hybridized carbons (Fsp3) is 0.585. The van der Waals surface area contributed by atoms with Crippen molar-refractivity contribution in [2.24, 2.45) is 11.8 Å². The average molecular weight is 599 g/mol. The number of aryl methyl sites for hydroxylation is 2. The number of allylic oxidation sites excluding steroid dienone is 4. The van der Waals surface area contributed by atoms with Crippen LogP contribution < -0.4 is 0 Å². The Balaban J connectivity index is -0.000000136. The second-order valence-electron chi connectivity index (χ2n) is 9.44. The molecule has 0 saturated heterocycles. The van der Waals surface area contributed by atoms with Crippen molar-refractivity contribution >= 4 is 5.97 Å². The summed E-state index contributed by atoms with van der Waals surface area (Å²) in [5.41, 5.74) is 2.49. The number of carboxylic acid groups (broad SMARTS) is 1. The molecule has 2 aromatic rings. The van der Waals surface area contributed by atoms with Gasteiger partial charge < -0.3 is 5.11 Å². The molecule has 1 fully saturated rings. The number of hydrogen-bond acceptors (Lipinski definition) is 1. The molecule has 2 aliphatic carbocycles. The predicted molar refractivity (Wildman–Crippen MR) is 200 cm³/mol. The van der Waals surface area contributed by atoms with E-state index in [-0.39, 0.29) is 0 Å². The van der Waals surface area contributed by atoms with Crippen LogP contribution in [0.25, 0.3) is 0 Å². The van der Waals surface area contributed by atoms with E-state index >= 15 is 0 Å². The van der Waals surface area contributed by atoms with Crippen molar-refractivity contribution in [1.29, 1.82) is 0 Å². The summed E-state index contributed by atoms with van der Waals surface area (Å²) in [5.74, 6) is 0.966. The molecule has 1 N–H and O–H groups in total. The molecule has 2 heteroatoms. The number of carboxylic acids is 1. The summed E-state index contributed by atoms with van der Waals surface area (Å²) in [6, 6.07) is 17.1. The fourth-order valence-electron chi connectivity index (χ4n) is 3.41. The van der Waals surface area contributed by atoms with E-state index in [1.54, 1.807) is 12.1 Å². The molecule has 2 aliphatic rings. The van der Waals surface area contributed by atoms with Crippen molar-refractivity contribution in [3.63, 3.8) is 0 Å². The third-order valence-electron chi connectivity index (χ3n) is 6.41. The summed E-state index contributed by atoms with van der Waals surface area (Å²) >= 11 is 0. The monoisotopic (exact) mass is 599 g/mol. The molecule has 0 spiro atoms. The summed E-state index contributed by atoms with van der Waals surface area (Å²) in [5, 5.41) is 8.60. The molecule has 0 aliphatic heterocycles. The van der Waals surface area contributed by atoms with Crippen LogP contribution in [0.1, 0.15) is 156 Å². The standard InChI is InChI=1S/C9H10O2.C8H14.C6H12.C6H6.C4H8.4C2H6/c1-6-3-4-8(9(10)11)5-7(6)2;1-7-5-3-4-6-8(7)2;2*1-2-4-6-5-3-1;1-3-4-2;4*1-2/h3-5H,1-2H3,(H,10,11);3-4,7-8H,5-6H2,1-2H3;1-6H2;1-6H;3-4H,1-2H3;4*1-2H3. The van der Waals surface area contributed by atoms with Crippen molar-refractivity contribution in [3.05, 3.63) is 95.6 Å². The third-order valence-corrected chi connectivity index (χ3v) is 6.41. The highest BCUT2D eigenvalue weighted by molar-refractivity contribution is 5.87. The van der Waals surface area contributed by atoms with Crippen LogP contribution in [0.5, 0.6) is 0 Å². The molecule has 1 saturated carbocycles. The minimum absolute atomic E-state index is 0.355. The topological polar surface area (TPSA) is 37.3 Å². The molecule has 0 heterocycles. The molecular weight excluding hydrogens is 524 g/mol. The number of carbonyl (C=O) groups is 1. The Labute approximate surface area is 271 Å². The van der Waals surface area contributed by atoms with Crippen LogP contribution in [-0.2, 0) is 0 Å². The van der Waals surface area contributed by atoms with Gasteiger partial charge in [0.25, 0.3) is 0 Å². The molecular formula is C41H74O2. The lowest BCUT2D eigenvalue weighted by molar-refractivity contribution is 0.0696. The molecule has 43 heavy (non-hydrogen) atoms. The van der Waals surface area contributed by atoms with Crippen molar-refractivity contribution in [1.82, 2.24) is 0 Å². The van der Waals surface area contributed by atoms with Gasteiger partial charge in [0.15, 0.2) is 0 Å². The first-order valence-corrected chi connectivity index (χ1v) is 17.4. The number of hydrogen-bond donors (Lipinski definition) is 1. The van der Waals surface area contributed by atoms with Gasteiger partial charge in [-0.25, -0.2) is 4.79 Å². The zero-order valence-corrected chi connectivity index (χ0v) is 31.2. The van der Waals surface area contributed by atoms with Gasteiger partial charge >= 0.3 is 5.97 Å². The lowest BCUT2D eigenvalue weighted by Crippen LogP contribution is -2.08. The van der Waals surface area contributed by atoms with E-state index in [2.05, 4.69) is 26.0 Å². The second-order valence-corrected chi connectivity index (χ2v) is 9.44. The van der Waals surface area contributed by atoms with Crippen LogP contribution in [0, 0.1) is 25.7 Å². The number of rotatable bonds is 1. The zero-order chi connectivity index (χ0) is 34.3. The number of benzene rings is 2. The molecule has 0 radical (unpaired) electrons. The van der Waals surface area contributed by atoms with Crippen molar-refractivity contribution < 1.29 is 9.90 Å². The highest BCUT2D eigenvalue weighted by Gasteiger charge is 2.11. The van der Waals surface area contributed by atoms with Crippen LogP contribution in [0.2, 0.25) is 0 Å². The Morgan fingerprint density at radius 3 is 1.12 bits per heavy atom. The van der Waals surface area contributed by atoms with Crippen LogP contribution in [0.15, 0.2) is 78.9 Å². The molecule has 0 aromatic heterocycles. The molecule has 250 valence electrons. The Bertz CT molecular complexity index is 763. The highest BCUT2D eigenvalue weighted by Crippen LogP contribution is 2.23. The summed E-state index contributed by atoms with van der Waals surface area (Å²) in [4.78, 5) is 10.5. The molecule has 4 rings (SSSR count). The van der Waals surface area contributed by atoms with Crippen LogP contribution in [-0.4, -0.2) is 11.1 Å². The quantitative estimate of drug-likeness (QED) is 0.331. The van der Waals surface area contributed by atoms with Gasteiger partial charge in [-0.1, -0.05) is 175 Å². The molecule has 2 atom stereocenters. The molecule has 2 unspecified atom stereocenters. The normalized spacial score (nSPS) is 15.4. The Morgan fingerprint density at radius 2 is 0.907 bits per heavy atom.